The topological polar surface area (TPSA) is 86.7 Å². The first-order valence-electron chi connectivity index (χ1n) is 7.50. The highest BCUT2D eigenvalue weighted by Gasteiger charge is 2.37. The van der Waals surface area contributed by atoms with Crippen LogP contribution in [0.1, 0.15) is 5.56 Å². The van der Waals surface area contributed by atoms with Gasteiger partial charge < -0.3 is 10.4 Å². The van der Waals surface area contributed by atoms with Gasteiger partial charge in [0.15, 0.2) is 0 Å². The van der Waals surface area contributed by atoms with Crippen LogP contribution in [-0.4, -0.2) is 57.3 Å². The molecule has 2 aliphatic rings. The van der Waals surface area contributed by atoms with Crippen molar-refractivity contribution in [2.24, 2.45) is 0 Å². The number of benzene rings is 1. The summed E-state index contributed by atoms with van der Waals surface area (Å²) in [5.74, 6) is -0.395. The second kappa shape index (κ2) is 7.59. The Morgan fingerprint density at radius 3 is 2.88 bits per heavy atom. The van der Waals surface area contributed by atoms with Crippen LogP contribution >= 0.6 is 23.5 Å². The second-order valence-electron chi connectivity index (χ2n) is 5.60. The molecule has 9 heteroatoms. The summed E-state index contributed by atoms with van der Waals surface area (Å²) < 4.78 is 13.2. The van der Waals surface area contributed by atoms with Crippen LogP contribution in [0.25, 0.3) is 6.08 Å². The molecule has 132 valence electrons. The van der Waals surface area contributed by atoms with Crippen LogP contribution in [0, 0.1) is 5.82 Å². The average Bonchev–Trinajstić information content (AvgIpc) is 3.06. The minimum absolute atomic E-state index is 0.139. The number of hydrogen-bond acceptors (Lipinski definition) is 6. The van der Waals surface area contributed by atoms with Crippen molar-refractivity contribution in [3.05, 3.63) is 40.6 Å². The van der Waals surface area contributed by atoms with E-state index in [-0.39, 0.29) is 10.9 Å². The van der Waals surface area contributed by atoms with E-state index in [0.717, 1.165) is 4.90 Å². The normalized spacial score (nSPS) is 25.0. The number of aliphatic hydroxyl groups is 1. The number of aliphatic hydroxyl groups excluding tert-OH is 1. The molecular formula is C16H15FN2O4S2. The van der Waals surface area contributed by atoms with Crippen molar-refractivity contribution in [1.29, 1.82) is 0 Å². The van der Waals surface area contributed by atoms with Gasteiger partial charge in [0.2, 0.25) is 5.91 Å². The van der Waals surface area contributed by atoms with Crippen molar-refractivity contribution in [2.75, 3.05) is 18.1 Å². The molecule has 0 saturated carbocycles. The number of carbonyl (C=O) groups is 3. The van der Waals surface area contributed by atoms with Crippen LogP contribution < -0.4 is 5.32 Å². The summed E-state index contributed by atoms with van der Waals surface area (Å²) in [5, 5.41) is 11.8. The number of thioether (sulfide) groups is 2. The highest BCUT2D eigenvalue weighted by atomic mass is 32.2. The summed E-state index contributed by atoms with van der Waals surface area (Å²) in [6.07, 6.45) is 0.792. The number of imide groups is 1. The average molecular weight is 382 g/mol. The fraction of sp³-hybridized carbons (Fsp3) is 0.312. The molecular weight excluding hydrogens is 367 g/mol. The van der Waals surface area contributed by atoms with Gasteiger partial charge in [-0.25, -0.2) is 4.39 Å². The van der Waals surface area contributed by atoms with Crippen molar-refractivity contribution in [3.8, 4) is 0 Å². The molecule has 0 aromatic heterocycles. The Hall–Kier alpha value is -1.84. The largest absolute Gasteiger partial charge is 0.390 e. The summed E-state index contributed by atoms with van der Waals surface area (Å²) in [6, 6.07) is 5.27. The quantitative estimate of drug-likeness (QED) is 0.767. The summed E-state index contributed by atoms with van der Waals surface area (Å²) in [4.78, 5) is 37.4. The highest BCUT2D eigenvalue weighted by molar-refractivity contribution is 8.18. The molecule has 0 radical (unpaired) electrons. The Kier molecular flexibility index (Phi) is 5.45. The van der Waals surface area contributed by atoms with Gasteiger partial charge in [-0.2, -0.15) is 11.8 Å². The van der Waals surface area contributed by atoms with E-state index in [1.165, 1.54) is 36.0 Å². The van der Waals surface area contributed by atoms with Gasteiger partial charge in [-0.15, -0.1) is 0 Å². The van der Waals surface area contributed by atoms with E-state index in [1.54, 1.807) is 6.07 Å². The van der Waals surface area contributed by atoms with E-state index in [9.17, 15) is 23.9 Å². The molecule has 2 atom stereocenters. The Morgan fingerprint density at radius 1 is 1.40 bits per heavy atom. The molecule has 2 heterocycles. The lowest BCUT2D eigenvalue weighted by atomic mass is 10.2. The summed E-state index contributed by atoms with van der Waals surface area (Å²) >= 11 is 2.23. The van der Waals surface area contributed by atoms with Gasteiger partial charge in [-0.1, -0.05) is 12.1 Å². The minimum atomic E-state index is -0.628. The molecule has 2 fully saturated rings. The molecule has 0 unspecified atom stereocenters. The smallest absolute Gasteiger partial charge is 0.294 e. The molecule has 1 aromatic rings. The summed E-state index contributed by atoms with van der Waals surface area (Å²) in [5.41, 5.74) is 0.459. The van der Waals surface area contributed by atoms with Crippen molar-refractivity contribution in [3.63, 3.8) is 0 Å². The first-order chi connectivity index (χ1) is 11.9. The standard InChI is InChI=1S/C16H15FN2O4S2/c17-10-3-1-2-9(4-10)5-13-15(22)19(16(23)25-13)6-14(21)18-11-7-24-8-12(11)20/h1-5,11-12,20H,6-8H2,(H,18,21)/b13-5-/t11-,12-/m1/s1. The van der Waals surface area contributed by atoms with Crippen molar-refractivity contribution in [1.82, 2.24) is 10.2 Å². The van der Waals surface area contributed by atoms with Gasteiger partial charge in [0, 0.05) is 11.5 Å². The molecule has 0 spiro atoms. The minimum Gasteiger partial charge on any atom is -0.390 e. The van der Waals surface area contributed by atoms with Crippen molar-refractivity contribution in [2.45, 2.75) is 12.1 Å². The van der Waals surface area contributed by atoms with E-state index in [4.69, 9.17) is 0 Å². The Morgan fingerprint density at radius 2 is 2.20 bits per heavy atom. The lowest BCUT2D eigenvalue weighted by Gasteiger charge is -2.18. The third-order valence-electron chi connectivity index (χ3n) is 3.72. The van der Waals surface area contributed by atoms with Crippen LogP contribution in [0.4, 0.5) is 9.18 Å². The number of halogens is 1. The zero-order chi connectivity index (χ0) is 18.0. The van der Waals surface area contributed by atoms with Gasteiger partial charge in [-0.05, 0) is 35.5 Å². The highest BCUT2D eigenvalue weighted by Crippen LogP contribution is 2.32. The fourth-order valence-electron chi connectivity index (χ4n) is 2.46. The molecule has 25 heavy (non-hydrogen) atoms. The van der Waals surface area contributed by atoms with Gasteiger partial charge in [-0.3, -0.25) is 19.3 Å². The van der Waals surface area contributed by atoms with Crippen LogP contribution in [0.3, 0.4) is 0 Å². The van der Waals surface area contributed by atoms with E-state index >= 15 is 0 Å². The molecule has 6 nitrogen and oxygen atoms in total. The molecule has 3 amide bonds. The number of hydrogen-bond donors (Lipinski definition) is 2. The van der Waals surface area contributed by atoms with Gasteiger partial charge in [0.05, 0.1) is 17.1 Å². The van der Waals surface area contributed by atoms with E-state index in [1.807, 2.05) is 0 Å². The number of nitrogens with one attached hydrogen (secondary N) is 1. The molecule has 0 aliphatic carbocycles. The van der Waals surface area contributed by atoms with Crippen LogP contribution in [0.5, 0.6) is 0 Å². The maximum absolute atomic E-state index is 13.2. The monoisotopic (exact) mass is 382 g/mol. The predicted molar refractivity (Wildman–Crippen MR) is 94.3 cm³/mol. The Bertz CT molecular complexity index is 755. The van der Waals surface area contributed by atoms with E-state index in [2.05, 4.69) is 5.32 Å². The zero-order valence-electron chi connectivity index (χ0n) is 13.0. The molecule has 2 N–H and O–H groups in total. The summed E-state index contributed by atoms with van der Waals surface area (Å²) in [7, 11) is 0. The lowest BCUT2D eigenvalue weighted by molar-refractivity contribution is -0.129. The van der Waals surface area contributed by atoms with Gasteiger partial charge in [0.1, 0.15) is 12.4 Å². The predicted octanol–water partition coefficient (Wildman–Crippen LogP) is 1.45. The number of rotatable bonds is 4. The van der Waals surface area contributed by atoms with Gasteiger partial charge >= 0.3 is 0 Å². The van der Waals surface area contributed by atoms with Crippen LogP contribution in [0.2, 0.25) is 0 Å². The van der Waals surface area contributed by atoms with Gasteiger partial charge in [0.25, 0.3) is 11.1 Å². The molecule has 1 aromatic carbocycles. The summed E-state index contributed by atoms with van der Waals surface area (Å²) in [6.45, 7) is -0.404. The second-order valence-corrected chi connectivity index (χ2v) is 7.67. The van der Waals surface area contributed by atoms with Crippen LogP contribution in [0.15, 0.2) is 29.2 Å². The van der Waals surface area contributed by atoms with Crippen LogP contribution in [-0.2, 0) is 9.59 Å². The number of nitrogens with zero attached hydrogens (tertiary/aromatic N) is 1. The number of amides is 3. The maximum Gasteiger partial charge on any atom is 0.294 e. The van der Waals surface area contributed by atoms with Crippen molar-refractivity contribution < 1.29 is 23.9 Å². The maximum atomic E-state index is 13.2. The molecule has 2 aliphatic heterocycles. The fourth-order valence-corrected chi connectivity index (χ4v) is 4.47. The molecule has 2 saturated heterocycles. The molecule has 0 bridgehead atoms. The third-order valence-corrected chi connectivity index (χ3v) is 5.80. The lowest BCUT2D eigenvalue weighted by Crippen LogP contribution is -2.47. The Labute approximate surface area is 151 Å². The van der Waals surface area contributed by atoms with E-state index in [0.29, 0.717) is 28.8 Å². The first-order valence-corrected chi connectivity index (χ1v) is 9.47. The third kappa shape index (κ3) is 4.23. The molecule has 3 rings (SSSR count). The first kappa shape index (κ1) is 18.0. The van der Waals surface area contributed by atoms with E-state index < -0.39 is 35.5 Å². The Balaban J connectivity index is 1.66. The number of carbonyl (C=O) groups excluding carboxylic acids is 3. The zero-order valence-corrected chi connectivity index (χ0v) is 14.6. The SMILES string of the molecule is O=C(CN1C(=O)S/C(=C\c2cccc(F)c2)C1=O)N[C@@H]1CSC[C@H]1O. The van der Waals surface area contributed by atoms with Crippen molar-refractivity contribution >= 4 is 46.7 Å².